The summed E-state index contributed by atoms with van der Waals surface area (Å²) in [5.41, 5.74) is 0.682. The van der Waals surface area contributed by atoms with Crippen LogP contribution in [0.1, 0.15) is 24.2 Å². The second-order valence-corrected chi connectivity index (χ2v) is 4.20. The van der Waals surface area contributed by atoms with Crippen LogP contribution in [0, 0.1) is 0 Å². The predicted molar refractivity (Wildman–Crippen MR) is 72.4 cm³/mol. The Kier molecular flexibility index (Phi) is 5.46. The maximum atomic E-state index is 11.7. The fourth-order valence-electron chi connectivity index (χ4n) is 1.34. The molecule has 6 nitrogen and oxygen atoms in total. The summed E-state index contributed by atoms with van der Waals surface area (Å²) in [6.45, 7) is 3.47. The Morgan fingerprint density at radius 1 is 1.25 bits per heavy atom. The third-order valence-electron chi connectivity index (χ3n) is 2.09. The number of anilines is 1. The molecular weight excluding hydrogens is 262 g/mol. The first-order valence-electron chi connectivity index (χ1n) is 5.91. The summed E-state index contributed by atoms with van der Waals surface area (Å²) >= 11 is 0. The summed E-state index contributed by atoms with van der Waals surface area (Å²) in [7, 11) is 0. The lowest BCUT2D eigenvalue weighted by atomic mass is 10.2. The molecule has 1 amide bonds. The van der Waals surface area contributed by atoms with E-state index < -0.39 is 17.8 Å². The Balaban J connectivity index is 2.76. The Bertz CT molecular complexity index is 548. The van der Waals surface area contributed by atoms with Gasteiger partial charge >= 0.3 is 11.9 Å². The number of amides is 1. The molecule has 0 unspecified atom stereocenters. The first-order chi connectivity index (χ1) is 9.38. The number of carboxylic acid groups (broad SMARTS) is 1. The van der Waals surface area contributed by atoms with Crippen molar-refractivity contribution in [3.8, 4) is 0 Å². The third kappa shape index (κ3) is 5.34. The molecule has 6 heteroatoms. The second kappa shape index (κ2) is 7.08. The van der Waals surface area contributed by atoms with Crippen LogP contribution >= 0.6 is 0 Å². The fourth-order valence-corrected chi connectivity index (χ4v) is 1.34. The molecule has 0 spiro atoms. The Morgan fingerprint density at radius 3 is 2.55 bits per heavy atom. The van der Waals surface area contributed by atoms with E-state index in [9.17, 15) is 14.4 Å². The zero-order valence-electron chi connectivity index (χ0n) is 11.1. The molecule has 0 saturated heterocycles. The molecule has 0 atom stereocenters. The quantitative estimate of drug-likeness (QED) is 0.632. The minimum Gasteiger partial charge on any atom is -0.478 e. The van der Waals surface area contributed by atoms with Crippen LogP contribution in [0.15, 0.2) is 36.4 Å². The normalized spacial score (nSPS) is 10.6. The minimum absolute atomic E-state index is 0.237. The van der Waals surface area contributed by atoms with E-state index in [1.165, 1.54) is 6.07 Å². The number of ether oxygens (including phenoxy) is 1. The van der Waals surface area contributed by atoms with Gasteiger partial charge in [0.25, 0.3) is 0 Å². The lowest BCUT2D eigenvalue weighted by molar-refractivity contribution is -0.131. The summed E-state index contributed by atoms with van der Waals surface area (Å²) in [5, 5.41) is 10.9. The van der Waals surface area contributed by atoms with Crippen LogP contribution in [0.4, 0.5) is 5.69 Å². The van der Waals surface area contributed by atoms with Gasteiger partial charge in [-0.15, -0.1) is 0 Å². The fraction of sp³-hybridized carbons (Fsp3) is 0.214. The van der Waals surface area contributed by atoms with Crippen LogP contribution < -0.4 is 5.32 Å². The van der Waals surface area contributed by atoms with Crippen LogP contribution in [0.3, 0.4) is 0 Å². The van der Waals surface area contributed by atoms with Gasteiger partial charge in [0.2, 0.25) is 5.91 Å². The van der Waals surface area contributed by atoms with E-state index >= 15 is 0 Å². The molecule has 1 aromatic carbocycles. The number of carbonyl (C=O) groups is 3. The van der Waals surface area contributed by atoms with Crippen molar-refractivity contribution in [1.82, 2.24) is 0 Å². The summed E-state index contributed by atoms with van der Waals surface area (Å²) in [6.07, 6.45) is 1.38. The molecular formula is C14H15NO5. The highest BCUT2D eigenvalue weighted by atomic mass is 16.5. The van der Waals surface area contributed by atoms with E-state index in [-0.39, 0.29) is 6.10 Å². The smallest absolute Gasteiger partial charge is 0.338 e. The van der Waals surface area contributed by atoms with Crippen LogP contribution in [0.2, 0.25) is 0 Å². The minimum atomic E-state index is -1.21. The Morgan fingerprint density at radius 2 is 1.95 bits per heavy atom. The summed E-state index contributed by atoms with van der Waals surface area (Å²) in [4.78, 5) is 33.4. The van der Waals surface area contributed by atoms with Crippen molar-refractivity contribution >= 4 is 23.5 Å². The van der Waals surface area contributed by atoms with Gasteiger partial charge < -0.3 is 15.2 Å². The van der Waals surface area contributed by atoms with Gasteiger partial charge in [0.05, 0.1) is 11.7 Å². The number of carbonyl (C=O) groups excluding carboxylic acids is 2. The van der Waals surface area contributed by atoms with Crippen molar-refractivity contribution in [2.75, 3.05) is 5.32 Å². The second-order valence-electron chi connectivity index (χ2n) is 4.20. The van der Waals surface area contributed by atoms with Gasteiger partial charge in [-0.2, -0.15) is 0 Å². The summed E-state index contributed by atoms with van der Waals surface area (Å²) in [6, 6.07) is 6.19. The van der Waals surface area contributed by atoms with Crippen molar-refractivity contribution in [3.05, 3.63) is 42.0 Å². The Labute approximate surface area is 116 Å². The molecule has 106 valence electrons. The highest BCUT2D eigenvalue weighted by molar-refractivity contribution is 6.03. The molecule has 0 saturated carbocycles. The molecule has 0 aromatic heterocycles. The van der Waals surface area contributed by atoms with E-state index in [1.54, 1.807) is 32.0 Å². The highest BCUT2D eigenvalue weighted by Gasteiger charge is 2.10. The van der Waals surface area contributed by atoms with Crippen LogP contribution in [-0.2, 0) is 14.3 Å². The SMILES string of the molecule is CC(C)OC(=O)c1cccc(NC(=O)/C=C\C(=O)O)c1. The molecule has 1 aromatic rings. The van der Waals surface area contributed by atoms with Gasteiger partial charge in [-0.05, 0) is 32.0 Å². The highest BCUT2D eigenvalue weighted by Crippen LogP contribution is 2.12. The molecule has 0 bridgehead atoms. The summed E-state index contributed by atoms with van der Waals surface area (Å²) < 4.78 is 5.03. The number of benzene rings is 1. The molecule has 1 rings (SSSR count). The zero-order chi connectivity index (χ0) is 15.1. The van der Waals surface area contributed by atoms with E-state index in [1.807, 2.05) is 0 Å². The largest absolute Gasteiger partial charge is 0.478 e. The van der Waals surface area contributed by atoms with Crippen LogP contribution in [-0.4, -0.2) is 29.1 Å². The Hall–Kier alpha value is -2.63. The number of hydrogen-bond donors (Lipinski definition) is 2. The molecule has 0 aliphatic heterocycles. The van der Waals surface area contributed by atoms with Crippen molar-refractivity contribution in [3.63, 3.8) is 0 Å². The van der Waals surface area contributed by atoms with Crippen LogP contribution in [0.25, 0.3) is 0 Å². The van der Waals surface area contributed by atoms with E-state index in [0.717, 1.165) is 12.2 Å². The van der Waals surface area contributed by atoms with Gasteiger partial charge in [0, 0.05) is 17.8 Å². The monoisotopic (exact) mass is 277 g/mol. The molecule has 2 N–H and O–H groups in total. The van der Waals surface area contributed by atoms with E-state index in [2.05, 4.69) is 5.32 Å². The van der Waals surface area contributed by atoms with Crippen molar-refractivity contribution < 1.29 is 24.2 Å². The number of carboxylic acids is 1. The number of rotatable bonds is 5. The lowest BCUT2D eigenvalue weighted by Crippen LogP contribution is -2.13. The topological polar surface area (TPSA) is 92.7 Å². The molecule has 0 aliphatic carbocycles. The van der Waals surface area contributed by atoms with Crippen LogP contribution in [0.5, 0.6) is 0 Å². The molecule has 20 heavy (non-hydrogen) atoms. The van der Waals surface area contributed by atoms with Crippen molar-refractivity contribution in [2.24, 2.45) is 0 Å². The van der Waals surface area contributed by atoms with Gasteiger partial charge in [0.15, 0.2) is 0 Å². The predicted octanol–water partition coefficient (Wildman–Crippen LogP) is 1.83. The maximum Gasteiger partial charge on any atom is 0.338 e. The molecule has 0 radical (unpaired) electrons. The van der Waals surface area contributed by atoms with E-state index in [0.29, 0.717) is 11.3 Å². The summed E-state index contributed by atoms with van der Waals surface area (Å²) in [5.74, 6) is -2.30. The first-order valence-corrected chi connectivity index (χ1v) is 5.91. The average molecular weight is 277 g/mol. The first kappa shape index (κ1) is 15.4. The molecule has 0 fully saturated rings. The number of esters is 1. The standard InChI is InChI=1S/C14H15NO5/c1-9(2)20-14(19)10-4-3-5-11(8-10)15-12(16)6-7-13(17)18/h3-9H,1-2H3,(H,15,16)(H,17,18)/b7-6-. The van der Waals surface area contributed by atoms with Gasteiger partial charge in [-0.1, -0.05) is 6.07 Å². The maximum absolute atomic E-state index is 11.7. The van der Waals surface area contributed by atoms with Gasteiger partial charge in [-0.3, -0.25) is 4.79 Å². The van der Waals surface area contributed by atoms with Crippen molar-refractivity contribution in [1.29, 1.82) is 0 Å². The molecule has 0 heterocycles. The average Bonchev–Trinajstić information content (AvgIpc) is 2.36. The van der Waals surface area contributed by atoms with Gasteiger partial charge in [0.1, 0.15) is 0 Å². The number of aliphatic carboxylic acids is 1. The third-order valence-corrected chi connectivity index (χ3v) is 2.09. The molecule has 0 aliphatic rings. The lowest BCUT2D eigenvalue weighted by Gasteiger charge is -2.09. The van der Waals surface area contributed by atoms with Crippen molar-refractivity contribution in [2.45, 2.75) is 20.0 Å². The van der Waals surface area contributed by atoms with Gasteiger partial charge in [-0.25, -0.2) is 9.59 Å². The number of nitrogens with one attached hydrogen (secondary N) is 1. The number of hydrogen-bond acceptors (Lipinski definition) is 4. The van der Waals surface area contributed by atoms with E-state index in [4.69, 9.17) is 9.84 Å². The zero-order valence-corrected chi connectivity index (χ0v) is 11.1.